The van der Waals surface area contributed by atoms with Crippen molar-refractivity contribution in [3.63, 3.8) is 0 Å². The molecule has 0 aliphatic heterocycles. The van der Waals surface area contributed by atoms with Crippen molar-refractivity contribution in [2.75, 3.05) is 17.6 Å². The normalized spacial score (nSPS) is 9.53. The SMILES string of the molecule is CC(C)C.NCC(=O)Nc1cc(F)ccc1N. The minimum absolute atomic E-state index is 0.157. The third-order valence-corrected chi connectivity index (χ3v) is 1.47. The van der Waals surface area contributed by atoms with Crippen LogP contribution in [0.25, 0.3) is 0 Å². The van der Waals surface area contributed by atoms with Gasteiger partial charge in [0.25, 0.3) is 0 Å². The first-order valence-electron chi connectivity index (χ1n) is 5.41. The van der Waals surface area contributed by atoms with Gasteiger partial charge in [0.15, 0.2) is 0 Å². The van der Waals surface area contributed by atoms with Crippen molar-refractivity contribution >= 4 is 17.3 Å². The fourth-order valence-corrected chi connectivity index (χ4v) is 0.838. The quantitative estimate of drug-likeness (QED) is 0.692. The van der Waals surface area contributed by atoms with Gasteiger partial charge in [-0.2, -0.15) is 0 Å². The number of halogens is 1. The summed E-state index contributed by atoms with van der Waals surface area (Å²) in [4.78, 5) is 10.8. The van der Waals surface area contributed by atoms with Crippen LogP contribution in [0.1, 0.15) is 20.8 Å². The Balaban J connectivity index is 0.000000557. The highest BCUT2D eigenvalue weighted by Gasteiger charge is 2.03. The van der Waals surface area contributed by atoms with Crippen LogP contribution in [-0.2, 0) is 4.79 Å². The second-order valence-corrected chi connectivity index (χ2v) is 4.22. The molecule has 0 fully saturated rings. The fraction of sp³-hybridized carbons (Fsp3) is 0.417. The summed E-state index contributed by atoms with van der Waals surface area (Å²) in [6, 6.07) is 3.73. The second-order valence-electron chi connectivity index (χ2n) is 4.22. The number of benzene rings is 1. The molecule has 0 bridgehead atoms. The average molecular weight is 241 g/mol. The number of carbonyl (C=O) groups excluding carboxylic acids is 1. The molecular weight excluding hydrogens is 221 g/mol. The second kappa shape index (κ2) is 7.62. The first kappa shape index (κ1) is 15.4. The van der Waals surface area contributed by atoms with E-state index in [0.29, 0.717) is 5.69 Å². The van der Waals surface area contributed by atoms with Gasteiger partial charge in [-0.3, -0.25) is 4.79 Å². The Hall–Kier alpha value is -1.62. The highest BCUT2D eigenvalue weighted by atomic mass is 19.1. The van der Waals surface area contributed by atoms with Gasteiger partial charge in [0.1, 0.15) is 5.82 Å². The minimum Gasteiger partial charge on any atom is -0.397 e. The van der Waals surface area contributed by atoms with Crippen molar-refractivity contribution in [2.45, 2.75) is 20.8 Å². The largest absolute Gasteiger partial charge is 0.397 e. The lowest BCUT2D eigenvalue weighted by Gasteiger charge is -2.06. The Kier molecular flexibility index (Phi) is 6.89. The molecule has 96 valence electrons. The number of hydrogen-bond donors (Lipinski definition) is 3. The van der Waals surface area contributed by atoms with Crippen LogP contribution in [0, 0.1) is 11.7 Å². The number of amides is 1. The lowest BCUT2D eigenvalue weighted by atomic mass is 10.2. The van der Waals surface area contributed by atoms with E-state index < -0.39 is 11.7 Å². The number of hydrogen-bond acceptors (Lipinski definition) is 3. The van der Waals surface area contributed by atoms with Gasteiger partial charge < -0.3 is 16.8 Å². The van der Waals surface area contributed by atoms with E-state index >= 15 is 0 Å². The molecule has 5 N–H and O–H groups in total. The van der Waals surface area contributed by atoms with Crippen LogP contribution in [0.2, 0.25) is 0 Å². The molecule has 0 saturated carbocycles. The van der Waals surface area contributed by atoms with Gasteiger partial charge in [-0.25, -0.2) is 4.39 Å². The van der Waals surface area contributed by atoms with Crippen LogP contribution >= 0.6 is 0 Å². The molecular formula is C12H20FN3O. The van der Waals surface area contributed by atoms with E-state index in [-0.39, 0.29) is 12.2 Å². The third-order valence-electron chi connectivity index (χ3n) is 1.47. The summed E-state index contributed by atoms with van der Waals surface area (Å²) in [7, 11) is 0. The monoisotopic (exact) mass is 241 g/mol. The summed E-state index contributed by atoms with van der Waals surface area (Å²) in [5.74, 6) is -0.0289. The highest BCUT2D eigenvalue weighted by molar-refractivity contribution is 5.94. The molecule has 1 amide bonds. The molecule has 1 aromatic rings. The zero-order chi connectivity index (χ0) is 13.4. The van der Waals surface area contributed by atoms with Gasteiger partial charge >= 0.3 is 0 Å². The number of nitrogens with one attached hydrogen (secondary N) is 1. The smallest absolute Gasteiger partial charge is 0.238 e. The maximum Gasteiger partial charge on any atom is 0.238 e. The Morgan fingerprint density at radius 1 is 1.41 bits per heavy atom. The number of carbonyl (C=O) groups is 1. The Morgan fingerprint density at radius 3 is 2.41 bits per heavy atom. The van der Waals surface area contributed by atoms with Crippen LogP contribution in [0.5, 0.6) is 0 Å². The van der Waals surface area contributed by atoms with Crippen molar-refractivity contribution < 1.29 is 9.18 Å². The van der Waals surface area contributed by atoms with E-state index in [1.54, 1.807) is 0 Å². The molecule has 0 atom stereocenters. The average Bonchev–Trinajstić information content (AvgIpc) is 2.22. The lowest BCUT2D eigenvalue weighted by Crippen LogP contribution is -2.22. The minimum atomic E-state index is -0.457. The Morgan fingerprint density at radius 2 is 1.94 bits per heavy atom. The Labute approximate surface area is 101 Å². The molecule has 1 rings (SSSR count). The number of nitrogen functional groups attached to an aromatic ring is 1. The molecule has 17 heavy (non-hydrogen) atoms. The van der Waals surface area contributed by atoms with Crippen LogP contribution in [0.15, 0.2) is 18.2 Å². The molecule has 5 heteroatoms. The van der Waals surface area contributed by atoms with Crippen molar-refractivity contribution in [3.05, 3.63) is 24.0 Å². The maximum atomic E-state index is 12.7. The summed E-state index contributed by atoms with van der Waals surface area (Å²) in [6.45, 7) is 6.34. The van der Waals surface area contributed by atoms with E-state index in [9.17, 15) is 9.18 Å². The van der Waals surface area contributed by atoms with E-state index in [4.69, 9.17) is 11.5 Å². The summed E-state index contributed by atoms with van der Waals surface area (Å²) in [6.07, 6.45) is 0. The number of rotatable bonds is 2. The van der Waals surface area contributed by atoms with E-state index in [1.165, 1.54) is 12.1 Å². The molecule has 4 nitrogen and oxygen atoms in total. The number of nitrogens with two attached hydrogens (primary N) is 2. The van der Waals surface area contributed by atoms with Crippen LogP contribution in [0.4, 0.5) is 15.8 Å². The molecule has 0 unspecified atom stereocenters. The summed E-state index contributed by atoms with van der Waals surface area (Å²) < 4.78 is 12.7. The molecule has 0 spiro atoms. The van der Waals surface area contributed by atoms with Crippen molar-refractivity contribution in [2.24, 2.45) is 11.7 Å². The zero-order valence-electron chi connectivity index (χ0n) is 10.5. The molecule has 0 saturated heterocycles. The fourth-order valence-electron chi connectivity index (χ4n) is 0.838. The van der Waals surface area contributed by atoms with Gasteiger partial charge in [-0.1, -0.05) is 20.8 Å². The lowest BCUT2D eigenvalue weighted by molar-refractivity contribution is -0.114. The first-order valence-corrected chi connectivity index (χ1v) is 5.41. The molecule has 1 aromatic carbocycles. The van der Waals surface area contributed by atoms with Crippen molar-refractivity contribution in [1.82, 2.24) is 0 Å². The van der Waals surface area contributed by atoms with Gasteiger partial charge in [-0.05, 0) is 24.1 Å². The Bertz CT molecular complexity index is 364. The summed E-state index contributed by atoms with van der Waals surface area (Å²) >= 11 is 0. The number of anilines is 2. The molecule has 0 heterocycles. The van der Waals surface area contributed by atoms with Crippen molar-refractivity contribution in [1.29, 1.82) is 0 Å². The third kappa shape index (κ3) is 7.30. The van der Waals surface area contributed by atoms with E-state index in [1.807, 2.05) is 0 Å². The first-order chi connectivity index (χ1) is 7.86. The van der Waals surface area contributed by atoms with Crippen molar-refractivity contribution in [3.8, 4) is 0 Å². The van der Waals surface area contributed by atoms with Gasteiger partial charge in [0, 0.05) is 0 Å². The van der Waals surface area contributed by atoms with Crippen LogP contribution in [0.3, 0.4) is 0 Å². The highest BCUT2D eigenvalue weighted by Crippen LogP contribution is 2.18. The van der Waals surface area contributed by atoms with Gasteiger partial charge in [-0.15, -0.1) is 0 Å². The molecule has 0 aliphatic carbocycles. The zero-order valence-corrected chi connectivity index (χ0v) is 10.5. The molecule has 0 aliphatic rings. The van der Waals surface area contributed by atoms with E-state index in [0.717, 1.165) is 12.0 Å². The topological polar surface area (TPSA) is 81.1 Å². The molecule has 0 aromatic heterocycles. The summed E-state index contributed by atoms with van der Waals surface area (Å²) in [5.41, 5.74) is 11.1. The van der Waals surface area contributed by atoms with Gasteiger partial charge in [0.05, 0.1) is 17.9 Å². The predicted octanol–water partition coefficient (Wildman–Crippen LogP) is 1.97. The maximum absolute atomic E-state index is 12.7. The standard InChI is InChI=1S/C8H10FN3O.C4H10/c9-5-1-2-6(11)7(3-5)12-8(13)4-10;1-4(2)3/h1-3H,4,10-11H2,(H,12,13);4H,1-3H3. The van der Waals surface area contributed by atoms with Crippen LogP contribution in [-0.4, -0.2) is 12.5 Å². The molecule has 0 radical (unpaired) electrons. The van der Waals surface area contributed by atoms with E-state index in [2.05, 4.69) is 26.1 Å². The van der Waals surface area contributed by atoms with Gasteiger partial charge in [0.2, 0.25) is 5.91 Å². The summed E-state index contributed by atoms with van der Waals surface area (Å²) in [5, 5.41) is 2.37. The van der Waals surface area contributed by atoms with Crippen LogP contribution < -0.4 is 16.8 Å². The predicted molar refractivity (Wildman–Crippen MR) is 69.0 cm³/mol.